The summed E-state index contributed by atoms with van der Waals surface area (Å²) in [5.41, 5.74) is 0. The third-order valence-electron chi connectivity index (χ3n) is 2.37. The molecule has 0 radical (unpaired) electrons. The highest BCUT2D eigenvalue weighted by atomic mass is 16.8. The lowest BCUT2D eigenvalue weighted by Gasteiger charge is -2.42. The second kappa shape index (κ2) is 6.79. The molecule has 2 fully saturated rings. The minimum absolute atomic E-state index is 1.62. The Kier molecular flexibility index (Phi) is 2.41. The quantitative estimate of drug-likeness (QED) is 0.267. The molecule has 2 heterocycles. The van der Waals surface area contributed by atoms with Crippen LogP contribution < -0.4 is 0 Å². The Morgan fingerprint density at radius 3 is 2.19 bits per heavy atom. The molecule has 0 saturated carbocycles. The van der Waals surface area contributed by atoms with Crippen molar-refractivity contribution in [3.05, 3.63) is 0 Å². The average molecular weight is 323 g/mol. The molecule has 9 atom stereocenters. The minimum atomic E-state index is -4.59. The van der Waals surface area contributed by atoms with Crippen molar-refractivity contribution in [2.24, 2.45) is 0 Å². The molecule has 2 aliphatic rings. The van der Waals surface area contributed by atoms with Crippen LogP contribution >= 0.6 is 0 Å². The maximum Gasteiger partial charge on any atom is 0.189 e. The van der Waals surface area contributed by atoms with Crippen molar-refractivity contribution < 1.29 is 65.0 Å². The van der Waals surface area contributed by atoms with E-state index in [1.54, 1.807) is 0 Å². The molecule has 10 nitrogen and oxygen atoms in total. The predicted octanol–water partition coefficient (Wildman–Crippen LogP) is -4.76. The molecule has 2 aliphatic heterocycles. The minimum Gasteiger partial charge on any atom is -0.394 e. The van der Waals surface area contributed by atoms with Crippen LogP contribution in [0.4, 0.5) is 0 Å². The van der Waals surface area contributed by atoms with Crippen LogP contribution in [0.2, 0.25) is 0 Å². The van der Waals surface area contributed by atoms with Gasteiger partial charge in [-0.05, 0) is 0 Å². The second-order valence-electron chi connectivity index (χ2n) is 3.70. The molecule has 0 bridgehead atoms. The summed E-state index contributed by atoms with van der Waals surface area (Å²) in [5, 5.41) is 69.8. The molecule has 0 amide bonds. The Bertz CT molecular complexity index is 785. The fourth-order valence-corrected chi connectivity index (χ4v) is 1.32. The van der Waals surface area contributed by atoms with Gasteiger partial charge in [0.15, 0.2) is 12.5 Å². The smallest absolute Gasteiger partial charge is 0.189 e. The van der Waals surface area contributed by atoms with Crippen LogP contribution in [-0.2, 0) is 14.2 Å². The topological polar surface area (TPSA) is 169 Å². The molecule has 7 N–H and O–H groups in total. The van der Waals surface area contributed by atoms with E-state index in [0.717, 1.165) is 0 Å². The SMILES string of the molecule is [2H]C1(O)C([2H])(O)[C@]([2H])(O)[C@@]([2H])(C([2H])([2H])O)O[C@]1([2H])O[C@@]1([2H])OC[C@@]([2H])(O)[C@]([2H])(O)C1([2H])O. The highest BCUT2D eigenvalue weighted by Crippen LogP contribution is 2.25. The summed E-state index contributed by atoms with van der Waals surface area (Å²) in [7, 11) is 0. The Morgan fingerprint density at radius 2 is 1.57 bits per heavy atom. The number of aliphatic hydroxyl groups is 7. The van der Waals surface area contributed by atoms with Crippen LogP contribution in [0.3, 0.4) is 0 Å². The van der Waals surface area contributed by atoms with Crippen molar-refractivity contribution in [3.63, 3.8) is 0 Å². The van der Waals surface area contributed by atoms with Gasteiger partial charge in [-0.25, -0.2) is 0 Å². The zero-order valence-corrected chi connectivity index (χ0v) is 10.1. The zero-order valence-electron chi connectivity index (χ0n) is 21.1. The van der Waals surface area contributed by atoms with E-state index in [-0.39, 0.29) is 0 Å². The first-order chi connectivity index (χ1) is 13.6. The average Bonchev–Trinajstić information content (AvgIpc) is 2.55. The van der Waals surface area contributed by atoms with Gasteiger partial charge in [0.05, 0.1) is 28.2 Å². The van der Waals surface area contributed by atoms with Crippen molar-refractivity contribution >= 4 is 0 Å². The first-order valence-electron chi connectivity index (χ1n) is 10.7. The number of hydrogen-bond donors (Lipinski definition) is 7. The summed E-state index contributed by atoms with van der Waals surface area (Å²) in [5.74, 6) is 0. The van der Waals surface area contributed by atoms with Crippen LogP contribution in [0.15, 0.2) is 0 Å². The largest absolute Gasteiger partial charge is 0.394 e. The fourth-order valence-electron chi connectivity index (χ4n) is 1.32. The third-order valence-corrected chi connectivity index (χ3v) is 2.37. The lowest BCUT2D eigenvalue weighted by atomic mass is 9.99. The number of ether oxygens (including phenoxy) is 3. The highest BCUT2D eigenvalue weighted by molar-refractivity contribution is 4.90. The van der Waals surface area contributed by atoms with Crippen LogP contribution in [0, 0.1) is 0 Å². The second-order valence-corrected chi connectivity index (χ2v) is 3.70. The molecule has 3 unspecified atom stereocenters. The summed E-state index contributed by atoms with van der Waals surface area (Å²) in [6.45, 7) is -5.90. The normalized spacial score (nSPS) is 91.7. The first-order valence-corrected chi connectivity index (χ1v) is 5.23. The molecule has 124 valence electrons. The maximum absolute atomic E-state index is 10.2. The molecule has 2 rings (SSSR count). The van der Waals surface area contributed by atoms with E-state index < -0.39 is 68.3 Å². The Balaban J connectivity index is 2.71. The van der Waals surface area contributed by atoms with Gasteiger partial charge < -0.3 is 50.0 Å². The van der Waals surface area contributed by atoms with Crippen molar-refractivity contribution in [1.29, 1.82) is 0 Å². The monoisotopic (exact) mass is 323 g/mol. The zero-order chi connectivity index (χ0) is 25.8. The lowest BCUT2D eigenvalue weighted by Crippen LogP contribution is -2.62. The number of rotatable bonds is 3. The molecular formula is C11H20O10. The summed E-state index contributed by atoms with van der Waals surface area (Å²) in [6.07, 6.45) is -38.6. The maximum atomic E-state index is 10.2. The molecule has 0 aromatic heterocycles. The molecular weight excluding hydrogens is 292 g/mol. The molecule has 10 heteroatoms. The van der Waals surface area contributed by atoms with E-state index in [9.17, 15) is 35.7 Å². The summed E-state index contributed by atoms with van der Waals surface area (Å²) < 4.78 is 96.2. The molecule has 0 aliphatic carbocycles. The Labute approximate surface area is 135 Å². The van der Waals surface area contributed by atoms with Crippen molar-refractivity contribution in [1.82, 2.24) is 0 Å². The molecule has 0 aromatic rings. The molecule has 21 heavy (non-hydrogen) atoms. The van der Waals surface area contributed by atoms with E-state index in [0.29, 0.717) is 0 Å². The summed E-state index contributed by atoms with van der Waals surface area (Å²) >= 11 is 0. The van der Waals surface area contributed by atoms with Gasteiger partial charge in [-0.15, -0.1) is 0 Å². The van der Waals surface area contributed by atoms with Gasteiger partial charge in [-0.1, -0.05) is 0 Å². The Morgan fingerprint density at radius 1 is 0.952 bits per heavy atom. The van der Waals surface area contributed by atoms with Crippen LogP contribution in [0.25, 0.3) is 0 Å². The lowest BCUT2D eigenvalue weighted by molar-refractivity contribution is -0.365. The van der Waals surface area contributed by atoms with Crippen LogP contribution in [-0.4, -0.2) is 104 Å². The van der Waals surface area contributed by atoms with Gasteiger partial charge >= 0.3 is 0 Å². The van der Waals surface area contributed by atoms with Crippen LogP contribution in [0.1, 0.15) is 15.1 Å². The summed E-state index contributed by atoms with van der Waals surface area (Å²) in [6, 6.07) is 0. The molecule has 2 saturated heterocycles. The van der Waals surface area contributed by atoms with Gasteiger partial charge in [0.25, 0.3) is 0 Å². The fraction of sp³-hybridized carbons (Fsp3) is 1.00. The van der Waals surface area contributed by atoms with E-state index in [2.05, 4.69) is 14.2 Å². The van der Waals surface area contributed by atoms with Gasteiger partial charge in [-0.3, -0.25) is 0 Å². The van der Waals surface area contributed by atoms with Crippen molar-refractivity contribution in [2.75, 3.05) is 13.2 Å². The van der Waals surface area contributed by atoms with E-state index in [1.165, 1.54) is 0 Å². The van der Waals surface area contributed by atoms with Gasteiger partial charge in [-0.2, -0.15) is 0 Å². The highest BCUT2D eigenvalue weighted by Gasteiger charge is 2.47. The van der Waals surface area contributed by atoms with E-state index in [4.69, 9.17) is 15.1 Å². The van der Waals surface area contributed by atoms with Crippen molar-refractivity contribution in [3.8, 4) is 0 Å². The van der Waals surface area contributed by atoms with Crippen molar-refractivity contribution in [2.45, 2.75) is 55.1 Å². The van der Waals surface area contributed by atoms with Gasteiger partial charge in [0, 0.05) is 0 Å². The van der Waals surface area contributed by atoms with Gasteiger partial charge in [0.1, 0.15) is 42.6 Å². The van der Waals surface area contributed by atoms with E-state index >= 15 is 0 Å². The first kappa shape index (κ1) is 7.45. The predicted molar refractivity (Wildman–Crippen MR) is 62.6 cm³/mol. The summed E-state index contributed by atoms with van der Waals surface area (Å²) in [4.78, 5) is 0. The van der Waals surface area contributed by atoms with Gasteiger partial charge in [0.2, 0.25) is 0 Å². The molecule has 0 spiro atoms. The van der Waals surface area contributed by atoms with E-state index in [1.807, 2.05) is 0 Å². The molecule has 0 aromatic carbocycles. The Hall–Kier alpha value is -0.400. The van der Waals surface area contributed by atoms with Crippen LogP contribution in [0.5, 0.6) is 0 Å². The number of hydrogen-bond acceptors (Lipinski definition) is 10. The standard InChI is InChI=1S/C11H20O10/c12-1-4-6(15)7(16)9(18)11(20-4)21-10-8(17)5(14)3(13)2-19-10/h3-18H,1-2H2/t3-,4-,5+,6-,7?,8?,9?,10-,11-/m1/s1/i1D2,3D,4D,5D,6D,7D,8D,9D,10D,11D. The third kappa shape index (κ3) is 3.35.